The Hall–Kier alpha value is -2.27. The molecule has 2 bridgehead atoms. The number of hydrogen-bond donors (Lipinski definition) is 3. The van der Waals surface area contributed by atoms with E-state index >= 15 is 0 Å². The number of anilines is 1. The Morgan fingerprint density at radius 3 is 2.76 bits per heavy atom. The van der Waals surface area contributed by atoms with E-state index < -0.39 is 17.4 Å². The molecule has 3 N–H and O–H groups in total. The zero-order valence-corrected chi connectivity index (χ0v) is 16.1. The maximum absolute atomic E-state index is 13.7. The fraction of sp³-hybridized carbons (Fsp3) is 0.667. The minimum atomic E-state index is -4.53. The van der Waals surface area contributed by atoms with Crippen molar-refractivity contribution in [2.75, 3.05) is 25.1 Å². The van der Waals surface area contributed by atoms with E-state index in [1.807, 2.05) is 11.6 Å². The van der Waals surface area contributed by atoms with Crippen LogP contribution in [0, 0.1) is 12.8 Å². The first-order chi connectivity index (χ1) is 13.7. The fourth-order valence-electron chi connectivity index (χ4n) is 4.12. The summed E-state index contributed by atoms with van der Waals surface area (Å²) in [7, 11) is 0. The van der Waals surface area contributed by atoms with Crippen LogP contribution in [0.4, 0.5) is 19.0 Å². The number of aromatic nitrogens is 2. The average Bonchev–Trinajstić information content (AvgIpc) is 3.31. The Bertz CT molecular complexity index is 891. The van der Waals surface area contributed by atoms with Gasteiger partial charge in [0.15, 0.2) is 11.6 Å². The number of fused-ring (bicyclic) bond motifs is 3. The van der Waals surface area contributed by atoms with Crippen molar-refractivity contribution in [1.29, 1.82) is 0 Å². The van der Waals surface area contributed by atoms with E-state index in [2.05, 4.69) is 26.0 Å². The molecule has 1 unspecified atom stereocenters. The summed E-state index contributed by atoms with van der Waals surface area (Å²) in [5, 5.41) is 13.5. The lowest BCUT2D eigenvalue weighted by Crippen LogP contribution is -2.57. The summed E-state index contributed by atoms with van der Waals surface area (Å²) in [6, 6.07) is -0.0644. The first-order valence-electron chi connectivity index (χ1n) is 9.73. The van der Waals surface area contributed by atoms with E-state index in [4.69, 9.17) is 9.47 Å². The lowest BCUT2D eigenvalue weighted by molar-refractivity contribution is -0.103. The van der Waals surface area contributed by atoms with Crippen molar-refractivity contribution >= 4 is 11.8 Å². The van der Waals surface area contributed by atoms with Gasteiger partial charge in [-0.05, 0) is 26.7 Å². The van der Waals surface area contributed by atoms with Crippen molar-refractivity contribution in [3.63, 3.8) is 0 Å². The number of alkyl halides is 3. The highest BCUT2D eigenvalue weighted by atomic mass is 19.4. The van der Waals surface area contributed by atoms with Crippen LogP contribution >= 0.6 is 0 Å². The van der Waals surface area contributed by atoms with Crippen molar-refractivity contribution in [3.8, 4) is 5.75 Å². The molecule has 0 aromatic carbocycles. The summed E-state index contributed by atoms with van der Waals surface area (Å²) >= 11 is 0. The van der Waals surface area contributed by atoms with Crippen LogP contribution in [0.15, 0.2) is 16.8 Å². The van der Waals surface area contributed by atoms with Gasteiger partial charge in [-0.2, -0.15) is 18.3 Å². The predicted molar refractivity (Wildman–Crippen MR) is 98.7 cm³/mol. The number of guanidine groups is 1. The fourth-order valence-corrected chi connectivity index (χ4v) is 4.12. The van der Waals surface area contributed by atoms with Crippen LogP contribution in [0.25, 0.3) is 0 Å². The minimum absolute atomic E-state index is 0.107. The number of rotatable bonds is 1. The van der Waals surface area contributed by atoms with Crippen LogP contribution < -0.4 is 20.7 Å². The molecule has 3 atom stereocenters. The van der Waals surface area contributed by atoms with Gasteiger partial charge in [-0.3, -0.25) is 5.32 Å². The van der Waals surface area contributed by atoms with Gasteiger partial charge in [0, 0.05) is 18.2 Å². The molecular formula is C18H23F3N6O2. The third kappa shape index (κ3) is 3.25. The summed E-state index contributed by atoms with van der Waals surface area (Å²) in [5.41, 5.74) is -1.71. The van der Waals surface area contributed by atoms with Crippen LogP contribution in [0.3, 0.4) is 0 Å². The van der Waals surface area contributed by atoms with Gasteiger partial charge in [-0.15, -0.1) is 0 Å². The summed E-state index contributed by atoms with van der Waals surface area (Å²) < 4.78 is 54.7. The molecule has 1 saturated heterocycles. The van der Waals surface area contributed by atoms with Gasteiger partial charge < -0.3 is 20.1 Å². The molecule has 1 saturated carbocycles. The Balaban J connectivity index is 1.59. The lowest BCUT2D eigenvalue weighted by atomic mass is 9.96. The molecule has 1 aliphatic carbocycles. The van der Waals surface area contributed by atoms with Gasteiger partial charge in [-0.25, -0.2) is 9.67 Å². The molecule has 1 aromatic rings. The zero-order valence-electron chi connectivity index (χ0n) is 16.1. The Morgan fingerprint density at radius 1 is 1.24 bits per heavy atom. The third-order valence-corrected chi connectivity index (χ3v) is 5.79. The van der Waals surface area contributed by atoms with E-state index in [1.165, 1.54) is 6.92 Å². The molecule has 4 heterocycles. The first kappa shape index (κ1) is 18.7. The highest BCUT2D eigenvalue weighted by Gasteiger charge is 2.50. The van der Waals surface area contributed by atoms with Crippen molar-refractivity contribution in [3.05, 3.63) is 17.5 Å². The van der Waals surface area contributed by atoms with Gasteiger partial charge in [0.25, 0.3) is 0 Å². The van der Waals surface area contributed by atoms with Gasteiger partial charge >= 0.3 is 6.18 Å². The standard InChI is InChI=1S/C18H23F3N6O2/c1-9-14-15(27(26-9)11-3-4-11)23-16-22-5-13(18(19,20)21)17(2,25-16)24-12-8-28-6-10(12)7-29-14/h5,10-12,24H,3-4,6-8H2,1-2H3,(H2,22,23,25)/t10-,12+,17?/m0/s1. The SMILES string of the molecule is Cc1nn(C2CC2)c2c1OC[C@@H]1COC[C@H]1NC1(C)N=C(NC=C1C(F)(F)F)N2. The van der Waals surface area contributed by atoms with Gasteiger partial charge in [0.05, 0.1) is 31.4 Å². The molecule has 158 valence electrons. The van der Waals surface area contributed by atoms with Crippen molar-refractivity contribution in [1.82, 2.24) is 20.4 Å². The van der Waals surface area contributed by atoms with Gasteiger partial charge in [0.1, 0.15) is 11.4 Å². The van der Waals surface area contributed by atoms with Crippen molar-refractivity contribution in [2.24, 2.45) is 10.9 Å². The topological polar surface area (TPSA) is 84.7 Å². The molecule has 5 rings (SSSR count). The second-order valence-corrected chi connectivity index (χ2v) is 8.16. The number of ether oxygens (including phenoxy) is 2. The third-order valence-electron chi connectivity index (χ3n) is 5.79. The molecule has 0 radical (unpaired) electrons. The van der Waals surface area contributed by atoms with Crippen LogP contribution in [-0.2, 0) is 4.74 Å². The summed E-state index contributed by atoms with van der Waals surface area (Å²) in [6.45, 7) is 4.32. The van der Waals surface area contributed by atoms with Crippen LogP contribution in [0.2, 0.25) is 0 Å². The molecule has 1 aromatic heterocycles. The molecule has 4 aliphatic rings. The number of nitrogens with zero attached hydrogens (tertiary/aromatic N) is 3. The summed E-state index contributed by atoms with van der Waals surface area (Å²) in [6.07, 6.45) is -1.56. The van der Waals surface area contributed by atoms with Crippen LogP contribution in [-0.4, -0.2) is 53.4 Å². The summed E-state index contributed by atoms with van der Waals surface area (Å²) in [4.78, 5) is 4.40. The Kier molecular flexibility index (Phi) is 4.11. The summed E-state index contributed by atoms with van der Waals surface area (Å²) in [5.74, 6) is 1.31. The van der Waals surface area contributed by atoms with E-state index in [9.17, 15) is 13.2 Å². The van der Waals surface area contributed by atoms with Gasteiger partial charge in [0.2, 0.25) is 5.96 Å². The molecule has 8 nitrogen and oxygen atoms in total. The van der Waals surface area contributed by atoms with Crippen molar-refractivity contribution < 1.29 is 22.6 Å². The molecule has 2 fully saturated rings. The Morgan fingerprint density at radius 2 is 2.03 bits per heavy atom. The monoisotopic (exact) mass is 412 g/mol. The lowest BCUT2D eigenvalue weighted by Gasteiger charge is -2.37. The largest absolute Gasteiger partial charge is 0.487 e. The van der Waals surface area contributed by atoms with E-state index in [1.54, 1.807) is 0 Å². The maximum Gasteiger partial charge on any atom is 0.417 e. The van der Waals surface area contributed by atoms with E-state index in [-0.39, 0.29) is 24.0 Å². The normalized spacial score (nSPS) is 31.9. The molecule has 0 spiro atoms. The smallest absolute Gasteiger partial charge is 0.417 e. The number of halogens is 3. The molecular weight excluding hydrogens is 389 g/mol. The number of aliphatic imine (C=N–C) groups is 1. The van der Waals surface area contributed by atoms with Crippen LogP contribution in [0.1, 0.15) is 31.5 Å². The highest BCUT2D eigenvalue weighted by Crippen LogP contribution is 2.42. The zero-order chi connectivity index (χ0) is 20.4. The average molecular weight is 412 g/mol. The Labute approximate surface area is 165 Å². The van der Waals surface area contributed by atoms with E-state index in [0.29, 0.717) is 31.4 Å². The minimum Gasteiger partial charge on any atom is -0.487 e. The molecule has 0 amide bonds. The second kappa shape index (κ2) is 6.36. The number of nitrogens with one attached hydrogen (secondary N) is 3. The quantitative estimate of drug-likeness (QED) is 0.655. The predicted octanol–water partition coefficient (Wildman–Crippen LogP) is 2.06. The van der Waals surface area contributed by atoms with Crippen molar-refractivity contribution in [2.45, 2.75) is 50.6 Å². The first-order valence-corrected chi connectivity index (χ1v) is 9.73. The number of hydrogen-bond acceptors (Lipinski definition) is 7. The van der Waals surface area contributed by atoms with Gasteiger partial charge in [-0.1, -0.05) is 0 Å². The number of aryl methyl sites for hydroxylation is 1. The molecule has 29 heavy (non-hydrogen) atoms. The highest BCUT2D eigenvalue weighted by molar-refractivity contribution is 5.96. The molecule has 11 heteroatoms. The molecule has 3 aliphatic heterocycles. The second-order valence-electron chi connectivity index (χ2n) is 8.16. The van der Waals surface area contributed by atoms with E-state index in [0.717, 1.165) is 24.7 Å². The maximum atomic E-state index is 13.7. The van der Waals surface area contributed by atoms with Crippen LogP contribution in [0.5, 0.6) is 5.75 Å².